The van der Waals surface area contributed by atoms with E-state index in [4.69, 9.17) is 8.76 Å². The molecule has 6 nitrogen and oxygen atoms in total. The normalized spacial score (nSPS) is 11.8. The number of benzene rings is 2. The highest BCUT2D eigenvalue weighted by atomic mass is 32.2. The second-order valence-corrected chi connectivity index (χ2v) is 7.09. The Kier molecular flexibility index (Phi) is 7.04. The molecule has 0 radical (unpaired) electrons. The lowest BCUT2D eigenvalue weighted by Gasteiger charge is -2.13. The quantitative estimate of drug-likeness (QED) is 0.475. The number of aromatic amines is 1. The number of nitrogens with two attached hydrogens (primary N) is 1. The van der Waals surface area contributed by atoms with E-state index in [2.05, 4.69) is 46.1 Å². The second-order valence-electron chi connectivity index (χ2n) is 6.57. The van der Waals surface area contributed by atoms with Crippen molar-refractivity contribution in [2.24, 2.45) is 5.14 Å². The van der Waals surface area contributed by atoms with Gasteiger partial charge in [0.2, 0.25) is 0 Å². The number of rotatable bonds is 4. The number of aromatic nitrogens is 3. The molecule has 3 N–H and O–H groups in total. The smallest absolute Gasteiger partial charge is 0.156 e. The molecule has 1 unspecified atom stereocenters. The molecule has 0 aliphatic rings. The molecule has 156 valence electrons. The zero-order chi connectivity index (χ0) is 21.7. The maximum absolute atomic E-state index is 14.9. The molecule has 0 aliphatic carbocycles. The van der Waals surface area contributed by atoms with Gasteiger partial charge in [0.15, 0.2) is 5.65 Å². The molecule has 0 amide bonds. The number of fused-ring (bicyclic) bond motifs is 1. The fraction of sp³-hybridized carbons (Fsp3) is 0.182. The first-order chi connectivity index (χ1) is 14.4. The van der Waals surface area contributed by atoms with Crippen LogP contribution in [0.15, 0.2) is 54.9 Å². The maximum atomic E-state index is 14.9. The first-order valence-electron chi connectivity index (χ1n) is 9.49. The van der Waals surface area contributed by atoms with Crippen molar-refractivity contribution in [1.29, 1.82) is 0 Å². The Hall–Kier alpha value is -2.94. The number of H-pyrrole nitrogens is 1. The first-order valence-corrected chi connectivity index (χ1v) is 10.6. The van der Waals surface area contributed by atoms with E-state index in [1.807, 2.05) is 18.2 Å². The fourth-order valence-electron chi connectivity index (χ4n) is 3.50. The first kappa shape index (κ1) is 21.8. The molecule has 0 bridgehead atoms. The average Bonchev–Trinajstić information content (AvgIpc) is 3.20. The Balaban J connectivity index is 0.000000589. The summed E-state index contributed by atoms with van der Waals surface area (Å²) in [4.78, 5) is 11.8. The predicted octanol–water partition coefficient (Wildman–Crippen LogP) is 4.30. The number of nitrogens with zero attached hydrogens (tertiary/aromatic N) is 2. The van der Waals surface area contributed by atoms with E-state index in [1.165, 1.54) is 11.1 Å². The maximum Gasteiger partial charge on any atom is 0.156 e. The molecule has 0 aliphatic heterocycles. The van der Waals surface area contributed by atoms with E-state index < -0.39 is 11.3 Å². The van der Waals surface area contributed by atoms with Crippen LogP contribution in [0.4, 0.5) is 4.39 Å². The number of hydrogen-bond acceptors (Lipinski definition) is 4. The molecule has 0 saturated heterocycles. The highest BCUT2D eigenvalue weighted by Gasteiger charge is 2.13. The third-order valence-electron chi connectivity index (χ3n) is 4.82. The van der Waals surface area contributed by atoms with Crippen LogP contribution in [0.25, 0.3) is 33.5 Å². The van der Waals surface area contributed by atoms with Crippen molar-refractivity contribution in [1.82, 2.24) is 15.0 Å². The lowest BCUT2D eigenvalue weighted by molar-refractivity contribution is 0.538. The molecule has 8 heteroatoms. The molecule has 30 heavy (non-hydrogen) atoms. The molecular weight excluding hydrogens is 403 g/mol. The van der Waals surface area contributed by atoms with E-state index in [0.717, 1.165) is 29.5 Å². The molecule has 0 fully saturated rings. The summed E-state index contributed by atoms with van der Waals surface area (Å²) >= 11 is -2.36. The molecule has 4 aromatic rings. The van der Waals surface area contributed by atoms with E-state index in [0.29, 0.717) is 16.9 Å². The minimum Gasteiger partial charge on any atom is -0.760 e. The minimum atomic E-state index is -2.36. The van der Waals surface area contributed by atoms with Crippen molar-refractivity contribution >= 4 is 22.4 Å². The van der Waals surface area contributed by atoms with Crippen LogP contribution in [-0.4, -0.2) is 23.7 Å². The van der Waals surface area contributed by atoms with Crippen LogP contribution in [0.3, 0.4) is 0 Å². The molecule has 2 heterocycles. The number of nitrogens with one attached hydrogen (secondary N) is 1. The van der Waals surface area contributed by atoms with E-state index in [1.54, 1.807) is 24.5 Å². The molecule has 1 atom stereocenters. The Morgan fingerprint density at radius 3 is 2.57 bits per heavy atom. The van der Waals surface area contributed by atoms with Crippen molar-refractivity contribution in [3.05, 3.63) is 71.8 Å². The minimum absolute atomic E-state index is 0.282. The molecule has 2 aromatic carbocycles. The number of aryl methyl sites for hydroxylation is 1. The molecule has 0 saturated carbocycles. The zero-order valence-electron chi connectivity index (χ0n) is 16.7. The molecule has 2 aromatic heterocycles. The van der Waals surface area contributed by atoms with E-state index in [9.17, 15) is 4.39 Å². The molecular formula is C22H22FN4O2S-. The monoisotopic (exact) mass is 425 g/mol. The zero-order valence-corrected chi connectivity index (χ0v) is 17.5. The van der Waals surface area contributed by atoms with E-state index >= 15 is 0 Å². The van der Waals surface area contributed by atoms with Crippen LogP contribution in [0.1, 0.15) is 25.0 Å². The largest absolute Gasteiger partial charge is 0.760 e. The summed E-state index contributed by atoms with van der Waals surface area (Å²) < 4.78 is 32.4. The second kappa shape index (κ2) is 9.71. The van der Waals surface area contributed by atoms with Crippen molar-refractivity contribution in [3.63, 3.8) is 0 Å². The Labute approximate surface area is 176 Å². The van der Waals surface area contributed by atoms with Gasteiger partial charge in [-0.15, -0.1) is 0 Å². The van der Waals surface area contributed by atoms with Crippen LogP contribution >= 0.6 is 0 Å². The van der Waals surface area contributed by atoms with Crippen LogP contribution in [0, 0.1) is 5.82 Å². The van der Waals surface area contributed by atoms with E-state index in [-0.39, 0.29) is 5.82 Å². The van der Waals surface area contributed by atoms with Gasteiger partial charge in [-0.3, -0.25) is 9.35 Å². The van der Waals surface area contributed by atoms with Gasteiger partial charge in [-0.25, -0.2) is 14.4 Å². The summed E-state index contributed by atoms with van der Waals surface area (Å²) in [6, 6.07) is 13.5. The lowest BCUT2D eigenvalue weighted by atomic mass is 9.92. The van der Waals surface area contributed by atoms with Gasteiger partial charge in [0, 0.05) is 23.0 Å². The summed E-state index contributed by atoms with van der Waals surface area (Å²) in [5, 5.41) is 4.03. The topological polar surface area (TPSA) is 108 Å². The molecule has 0 spiro atoms. The standard InChI is InChI=1S/C22H20FN3.H3NO2S/c1-3-14-6-5-7-17(16(14)4-2)15-8-9-18(19(23)12-15)21-13-25-22-20(26-21)10-11-24-22;1-4(2)3/h5-13H,3-4H2,1-2H3,(H,24,25);1H2,(H,2,3)/p-1. The van der Waals surface area contributed by atoms with Crippen LogP contribution in [0.5, 0.6) is 0 Å². The Bertz CT molecular complexity index is 1190. The number of halogens is 1. The third kappa shape index (κ3) is 4.79. The van der Waals surface area contributed by atoms with Crippen molar-refractivity contribution in [2.75, 3.05) is 0 Å². The summed E-state index contributed by atoms with van der Waals surface area (Å²) in [5.41, 5.74) is 7.05. The van der Waals surface area contributed by atoms with Gasteiger partial charge in [-0.2, -0.15) is 0 Å². The van der Waals surface area contributed by atoms with Gasteiger partial charge in [0.25, 0.3) is 0 Å². The van der Waals surface area contributed by atoms with Gasteiger partial charge < -0.3 is 9.54 Å². The summed E-state index contributed by atoms with van der Waals surface area (Å²) in [6.07, 6.45) is 5.29. The van der Waals surface area contributed by atoms with Crippen LogP contribution < -0.4 is 5.14 Å². The van der Waals surface area contributed by atoms with Gasteiger partial charge in [-0.1, -0.05) is 38.1 Å². The Morgan fingerprint density at radius 2 is 1.90 bits per heavy atom. The third-order valence-corrected chi connectivity index (χ3v) is 4.82. The van der Waals surface area contributed by atoms with Gasteiger partial charge >= 0.3 is 0 Å². The van der Waals surface area contributed by atoms with Crippen molar-refractivity contribution in [3.8, 4) is 22.4 Å². The van der Waals surface area contributed by atoms with Gasteiger partial charge in [0.1, 0.15) is 11.3 Å². The van der Waals surface area contributed by atoms with Crippen molar-refractivity contribution < 1.29 is 13.2 Å². The Morgan fingerprint density at radius 1 is 1.13 bits per heavy atom. The summed E-state index contributed by atoms with van der Waals surface area (Å²) in [7, 11) is 0. The van der Waals surface area contributed by atoms with Crippen LogP contribution in [-0.2, 0) is 24.1 Å². The SMILES string of the molecule is CCc1cccc(-c2ccc(-c3cnc4[nH]ccc4n3)c(F)c2)c1CC.NS(=O)[O-]. The summed E-state index contributed by atoms with van der Waals surface area (Å²) in [5.74, 6) is -0.282. The summed E-state index contributed by atoms with van der Waals surface area (Å²) in [6.45, 7) is 4.29. The lowest BCUT2D eigenvalue weighted by Crippen LogP contribution is -1.97. The highest BCUT2D eigenvalue weighted by Crippen LogP contribution is 2.31. The predicted molar refractivity (Wildman–Crippen MR) is 117 cm³/mol. The highest BCUT2D eigenvalue weighted by molar-refractivity contribution is 7.76. The van der Waals surface area contributed by atoms with Gasteiger partial charge in [0.05, 0.1) is 11.9 Å². The molecule has 4 rings (SSSR count). The fourth-order valence-corrected chi connectivity index (χ4v) is 3.50. The van der Waals surface area contributed by atoms with Crippen molar-refractivity contribution in [2.45, 2.75) is 26.7 Å². The van der Waals surface area contributed by atoms with Crippen LogP contribution in [0.2, 0.25) is 0 Å². The number of hydrogen-bond donors (Lipinski definition) is 2. The van der Waals surface area contributed by atoms with Gasteiger partial charge in [-0.05, 0) is 53.3 Å². The average molecular weight is 426 g/mol.